The van der Waals surface area contributed by atoms with Gasteiger partial charge in [0.15, 0.2) is 0 Å². The lowest BCUT2D eigenvalue weighted by Crippen LogP contribution is -2.51. The van der Waals surface area contributed by atoms with Crippen molar-refractivity contribution in [2.75, 3.05) is 5.75 Å². The molecular weight excluding hydrogens is 392 g/mol. The summed E-state index contributed by atoms with van der Waals surface area (Å²) in [6, 6.07) is 17.9. The lowest BCUT2D eigenvalue weighted by molar-refractivity contribution is -0.139. The largest absolute Gasteiger partial charge is 0.352 e. The van der Waals surface area contributed by atoms with Gasteiger partial charge >= 0.3 is 0 Å². The maximum Gasteiger partial charge on any atom is 0.243 e. The van der Waals surface area contributed by atoms with Crippen LogP contribution >= 0.6 is 11.8 Å². The zero-order valence-electron chi connectivity index (χ0n) is 18.6. The molecule has 0 spiro atoms. The van der Waals surface area contributed by atoms with Gasteiger partial charge in [-0.3, -0.25) is 9.59 Å². The number of hydrogen-bond donors (Lipinski definition) is 1. The first-order chi connectivity index (χ1) is 14.4. The van der Waals surface area contributed by atoms with Crippen LogP contribution in [0.1, 0.15) is 50.3 Å². The number of nitrogens with zero attached hydrogens (tertiary/aromatic N) is 1. The molecule has 2 rings (SSSR count). The minimum Gasteiger partial charge on any atom is -0.352 e. The molecule has 0 aliphatic carbocycles. The van der Waals surface area contributed by atoms with Crippen LogP contribution in [0.2, 0.25) is 0 Å². The van der Waals surface area contributed by atoms with E-state index in [1.165, 1.54) is 11.1 Å². The number of hydrogen-bond acceptors (Lipinski definition) is 3. The molecule has 2 aromatic carbocycles. The molecule has 0 saturated heterocycles. The first-order valence-corrected chi connectivity index (χ1v) is 11.9. The Balaban J connectivity index is 2.09. The van der Waals surface area contributed by atoms with Crippen LogP contribution in [0.4, 0.5) is 0 Å². The summed E-state index contributed by atoms with van der Waals surface area (Å²) in [4.78, 5) is 27.8. The zero-order chi connectivity index (χ0) is 21.9. The van der Waals surface area contributed by atoms with Crippen LogP contribution in [-0.2, 0) is 21.9 Å². The highest BCUT2D eigenvalue weighted by Gasteiger charge is 2.29. The standard InChI is InChI=1S/C25H34N2O2S/c1-5-20(4)26-25(29)23(6-2)27(16-21-10-8-7-9-11-21)24(28)18-30-17-22-14-12-19(3)13-15-22/h7-15,20,23H,5-6,16-18H2,1-4H3,(H,26,29)/t20-,23-/m1/s1. The molecule has 2 aromatic rings. The van der Waals surface area contributed by atoms with E-state index in [9.17, 15) is 9.59 Å². The molecule has 0 unspecified atom stereocenters. The molecule has 0 aromatic heterocycles. The average Bonchev–Trinajstić information content (AvgIpc) is 2.75. The first kappa shape index (κ1) is 24.0. The van der Waals surface area contributed by atoms with Gasteiger partial charge in [-0.2, -0.15) is 0 Å². The van der Waals surface area contributed by atoms with Crippen LogP contribution in [0, 0.1) is 6.92 Å². The topological polar surface area (TPSA) is 49.4 Å². The van der Waals surface area contributed by atoms with Gasteiger partial charge in [-0.15, -0.1) is 11.8 Å². The summed E-state index contributed by atoms with van der Waals surface area (Å²) in [6.07, 6.45) is 1.45. The van der Waals surface area contributed by atoms with E-state index in [-0.39, 0.29) is 17.9 Å². The Morgan fingerprint density at radius 1 is 0.967 bits per heavy atom. The summed E-state index contributed by atoms with van der Waals surface area (Å²) < 4.78 is 0. The van der Waals surface area contributed by atoms with Gasteiger partial charge in [-0.1, -0.05) is 74.0 Å². The number of carbonyl (C=O) groups is 2. The predicted molar refractivity (Wildman–Crippen MR) is 126 cm³/mol. The van der Waals surface area contributed by atoms with Crippen molar-refractivity contribution in [3.8, 4) is 0 Å². The Morgan fingerprint density at radius 3 is 2.23 bits per heavy atom. The summed E-state index contributed by atoms with van der Waals surface area (Å²) in [6.45, 7) is 8.51. The molecule has 2 amide bonds. The molecule has 30 heavy (non-hydrogen) atoms. The third kappa shape index (κ3) is 7.52. The SMILES string of the molecule is CC[C@@H](C)NC(=O)[C@@H](CC)N(Cc1ccccc1)C(=O)CSCc1ccc(C)cc1. The second kappa shape index (κ2) is 12.4. The van der Waals surface area contributed by atoms with Gasteiger partial charge in [-0.25, -0.2) is 0 Å². The fourth-order valence-corrected chi connectivity index (χ4v) is 4.03. The molecule has 0 aliphatic rings. The molecule has 5 heteroatoms. The molecule has 4 nitrogen and oxygen atoms in total. The fraction of sp³-hybridized carbons (Fsp3) is 0.440. The molecule has 0 fully saturated rings. The average molecular weight is 427 g/mol. The smallest absolute Gasteiger partial charge is 0.243 e. The molecule has 0 aliphatic heterocycles. The van der Waals surface area contributed by atoms with Crippen molar-refractivity contribution in [2.24, 2.45) is 0 Å². The second-order valence-corrected chi connectivity index (χ2v) is 8.71. The summed E-state index contributed by atoms with van der Waals surface area (Å²) in [7, 11) is 0. The highest BCUT2D eigenvalue weighted by molar-refractivity contribution is 7.99. The highest BCUT2D eigenvalue weighted by atomic mass is 32.2. The van der Waals surface area contributed by atoms with Crippen molar-refractivity contribution in [2.45, 2.75) is 64.9 Å². The van der Waals surface area contributed by atoms with Gasteiger partial charge in [0.25, 0.3) is 0 Å². The van der Waals surface area contributed by atoms with E-state index in [0.717, 1.165) is 17.7 Å². The molecule has 1 N–H and O–H groups in total. The van der Waals surface area contributed by atoms with Crippen molar-refractivity contribution < 1.29 is 9.59 Å². The molecule has 0 heterocycles. The van der Waals surface area contributed by atoms with Gasteiger partial charge in [0.1, 0.15) is 6.04 Å². The van der Waals surface area contributed by atoms with Crippen molar-refractivity contribution in [3.05, 3.63) is 71.3 Å². The van der Waals surface area contributed by atoms with E-state index in [1.54, 1.807) is 16.7 Å². The molecular formula is C25H34N2O2S. The third-order valence-electron chi connectivity index (χ3n) is 5.20. The number of thioether (sulfide) groups is 1. The highest BCUT2D eigenvalue weighted by Crippen LogP contribution is 2.18. The molecule has 162 valence electrons. The Labute approximate surface area is 185 Å². The Morgan fingerprint density at radius 2 is 1.63 bits per heavy atom. The number of rotatable bonds is 11. The van der Waals surface area contributed by atoms with Crippen LogP contribution in [0.5, 0.6) is 0 Å². The van der Waals surface area contributed by atoms with Crippen molar-refractivity contribution >= 4 is 23.6 Å². The Bertz CT molecular complexity index is 793. The first-order valence-electron chi connectivity index (χ1n) is 10.7. The van der Waals surface area contributed by atoms with Crippen LogP contribution in [-0.4, -0.2) is 34.6 Å². The maximum atomic E-state index is 13.2. The molecule has 0 saturated carbocycles. The second-order valence-electron chi connectivity index (χ2n) is 7.73. The number of aryl methyl sites for hydroxylation is 1. The minimum atomic E-state index is -0.466. The number of carbonyl (C=O) groups excluding carboxylic acids is 2. The van der Waals surface area contributed by atoms with Gasteiger partial charge in [0.05, 0.1) is 5.75 Å². The minimum absolute atomic E-state index is 0.00196. The van der Waals surface area contributed by atoms with E-state index in [2.05, 4.69) is 36.5 Å². The monoisotopic (exact) mass is 426 g/mol. The maximum absolute atomic E-state index is 13.2. The fourth-order valence-electron chi connectivity index (χ4n) is 3.16. The molecule has 0 bridgehead atoms. The molecule has 0 radical (unpaired) electrons. The van der Waals surface area contributed by atoms with E-state index < -0.39 is 6.04 Å². The Hall–Kier alpha value is -2.27. The van der Waals surface area contributed by atoms with E-state index in [1.807, 2.05) is 51.1 Å². The third-order valence-corrected chi connectivity index (χ3v) is 6.19. The number of benzene rings is 2. The van der Waals surface area contributed by atoms with Crippen molar-refractivity contribution in [1.82, 2.24) is 10.2 Å². The summed E-state index contributed by atoms with van der Waals surface area (Å²) in [5, 5.41) is 3.05. The van der Waals surface area contributed by atoms with E-state index in [0.29, 0.717) is 18.7 Å². The van der Waals surface area contributed by atoms with Crippen LogP contribution in [0.3, 0.4) is 0 Å². The Kier molecular flexibility index (Phi) is 9.95. The number of nitrogens with one attached hydrogen (secondary N) is 1. The van der Waals surface area contributed by atoms with Crippen LogP contribution in [0.25, 0.3) is 0 Å². The zero-order valence-corrected chi connectivity index (χ0v) is 19.4. The van der Waals surface area contributed by atoms with Crippen molar-refractivity contribution in [1.29, 1.82) is 0 Å². The van der Waals surface area contributed by atoms with Gasteiger partial charge in [0.2, 0.25) is 11.8 Å². The lowest BCUT2D eigenvalue weighted by Gasteiger charge is -2.31. The normalized spacial score (nSPS) is 12.8. The number of amides is 2. The summed E-state index contributed by atoms with van der Waals surface area (Å²) >= 11 is 1.59. The van der Waals surface area contributed by atoms with E-state index >= 15 is 0 Å². The predicted octanol–water partition coefficient (Wildman–Crippen LogP) is 4.95. The summed E-state index contributed by atoms with van der Waals surface area (Å²) in [5.74, 6) is 1.07. The van der Waals surface area contributed by atoms with Crippen LogP contribution in [0.15, 0.2) is 54.6 Å². The summed E-state index contributed by atoms with van der Waals surface area (Å²) in [5.41, 5.74) is 3.46. The van der Waals surface area contributed by atoms with Gasteiger partial charge in [-0.05, 0) is 37.8 Å². The van der Waals surface area contributed by atoms with Gasteiger partial charge in [0, 0.05) is 18.3 Å². The van der Waals surface area contributed by atoms with Crippen molar-refractivity contribution in [3.63, 3.8) is 0 Å². The van der Waals surface area contributed by atoms with Gasteiger partial charge < -0.3 is 10.2 Å². The quantitative estimate of drug-likeness (QED) is 0.553. The van der Waals surface area contributed by atoms with Crippen LogP contribution < -0.4 is 5.32 Å². The lowest BCUT2D eigenvalue weighted by atomic mass is 10.1. The van der Waals surface area contributed by atoms with E-state index in [4.69, 9.17) is 0 Å². The molecule has 2 atom stereocenters.